The minimum Gasteiger partial charge on any atom is -0.342 e. The highest BCUT2D eigenvalue weighted by Gasteiger charge is 2.36. The monoisotopic (exact) mass is 445 g/mol. The molecule has 1 unspecified atom stereocenters. The van der Waals surface area contributed by atoms with Gasteiger partial charge in [-0.1, -0.05) is 12.1 Å². The molecular weight excluding hydrogens is 421 g/mol. The van der Waals surface area contributed by atoms with E-state index in [-0.39, 0.29) is 34.2 Å². The molecule has 0 spiro atoms. The molecule has 1 atom stereocenters. The van der Waals surface area contributed by atoms with E-state index in [4.69, 9.17) is 0 Å². The van der Waals surface area contributed by atoms with Crippen LogP contribution in [0.3, 0.4) is 0 Å². The van der Waals surface area contributed by atoms with E-state index in [1.165, 1.54) is 12.1 Å². The number of nitrogens with one attached hydrogen (secondary N) is 2. The summed E-state index contributed by atoms with van der Waals surface area (Å²) in [5, 5.41) is 2.80. The number of carbonyl (C=O) groups is 2. The first kappa shape index (κ1) is 21.3. The van der Waals surface area contributed by atoms with Crippen LogP contribution in [0.2, 0.25) is 0 Å². The number of piperidine rings is 1. The Morgan fingerprint density at radius 3 is 2.29 bits per heavy atom. The van der Waals surface area contributed by atoms with Gasteiger partial charge in [0.15, 0.2) is 0 Å². The second kappa shape index (κ2) is 8.66. The Bertz CT molecular complexity index is 1080. The first-order chi connectivity index (χ1) is 14.8. The molecule has 0 radical (unpaired) electrons. The highest BCUT2D eigenvalue weighted by Crippen LogP contribution is 2.33. The fraction of sp³-hybridized carbons (Fsp3) is 0.364. The van der Waals surface area contributed by atoms with Crippen molar-refractivity contribution in [2.45, 2.75) is 30.6 Å². The van der Waals surface area contributed by atoms with Gasteiger partial charge in [0, 0.05) is 19.0 Å². The number of nitrogens with zero attached hydrogens (tertiary/aromatic N) is 1. The van der Waals surface area contributed by atoms with Gasteiger partial charge >= 0.3 is 0 Å². The van der Waals surface area contributed by atoms with Gasteiger partial charge in [0.05, 0.1) is 22.2 Å². The van der Waals surface area contributed by atoms with Gasteiger partial charge in [-0.15, -0.1) is 0 Å². The third-order valence-corrected chi connectivity index (χ3v) is 6.97. The van der Waals surface area contributed by atoms with Crippen molar-refractivity contribution >= 4 is 33.2 Å². The number of anilines is 2. The molecule has 1 saturated carbocycles. The van der Waals surface area contributed by atoms with Crippen LogP contribution in [0.15, 0.2) is 53.4 Å². The maximum Gasteiger partial charge on any atom is 0.261 e. The van der Waals surface area contributed by atoms with Gasteiger partial charge in [0.25, 0.3) is 10.0 Å². The summed E-state index contributed by atoms with van der Waals surface area (Å²) in [5.74, 6) is -0.887. The smallest absolute Gasteiger partial charge is 0.261 e. The lowest BCUT2D eigenvalue weighted by Crippen LogP contribution is -2.44. The van der Waals surface area contributed by atoms with Crippen molar-refractivity contribution in [3.05, 3.63) is 54.3 Å². The third-order valence-electron chi connectivity index (χ3n) is 5.58. The lowest BCUT2D eigenvalue weighted by Gasteiger charge is -2.32. The number of likely N-dealkylation sites (tertiary alicyclic amines) is 1. The van der Waals surface area contributed by atoms with Crippen molar-refractivity contribution < 1.29 is 22.4 Å². The maximum absolute atomic E-state index is 13.1. The maximum atomic E-state index is 13.1. The molecule has 1 saturated heterocycles. The molecule has 2 aliphatic rings. The van der Waals surface area contributed by atoms with Crippen molar-refractivity contribution in [3.63, 3.8) is 0 Å². The van der Waals surface area contributed by atoms with Gasteiger partial charge in [-0.2, -0.15) is 0 Å². The van der Waals surface area contributed by atoms with E-state index in [9.17, 15) is 22.4 Å². The van der Waals surface area contributed by atoms with Gasteiger partial charge < -0.3 is 10.2 Å². The Morgan fingerprint density at radius 2 is 1.61 bits per heavy atom. The molecule has 2 N–H and O–H groups in total. The van der Waals surface area contributed by atoms with Crippen molar-refractivity contribution in [2.24, 2.45) is 11.8 Å². The Labute approximate surface area is 180 Å². The first-order valence-electron chi connectivity index (χ1n) is 10.3. The summed E-state index contributed by atoms with van der Waals surface area (Å²) in [6.45, 7) is 1.05. The minimum atomic E-state index is -3.96. The van der Waals surface area contributed by atoms with E-state index in [1.54, 1.807) is 29.2 Å². The zero-order chi connectivity index (χ0) is 22.0. The summed E-state index contributed by atoms with van der Waals surface area (Å²) in [5.41, 5.74) is 0.533. The lowest BCUT2D eigenvalue weighted by atomic mass is 9.96. The molecule has 9 heteroatoms. The van der Waals surface area contributed by atoms with E-state index in [0.29, 0.717) is 25.2 Å². The number of halogens is 1. The van der Waals surface area contributed by atoms with Gasteiger partial charge in [-0.25, -0.2) is 12.8 Å². The number of hydrogen-bond acceptors (Lipinski definition) is 4. The second-order valence-corrected chi connectivity index (χ2v) is 9.67. The Morgan fingerprint density at radius 1 is 0.935 bits per heavy atom. The minimum absolute atomic E-state index is 0.0865. The van der Waals surface area contributed by atoms with Crippen molar-refractivity contribution in [1.29, 1.82) is 0 Å². The van der Waals surface area contributed by atoms with Gasteiger partial charge in [0.1, 0.15) is 5.82 Å². The Kier molecular flexibility index (Phi) is 5.95. The predicted molar refractivity (Wildman–Crippen MR) is 114 cm³/mol. The Balaban J connectivity index is 1.46. The van der Waals surface area contributed by atoms with Crippen LogP contribution in [0.25, 0.3) is 0 Å². The van der Waals surface area contributed by atoms with Crippen LogP contribution in [0.4, 0.5) is 15.8 Å². The van der Waals surface area contributed by atoms with E-state index < -0.39 is 15.8 Å². The van der Waals surface area contributed by atoms with Crippen LogP contribution in [-0.4, -0.2) is 38.2 Å². The van der Waals surface area contributed by atoms with Crippen molar-refractivity contribution in [1.82, 2.24) is 4.90 Å². The molecule has 0 aromatic heterocycles. The van der Waals surface area contributed by atoms with Crippen LogP contribution in [0, 0.1) is 17.7 Å². The molecule has 164 valence electrons. The lowest BCUT2D eigenvalue weighted by molar-refractivity contribution is -0.135. The molecule has 2 aromatic carbocycles. The summed E-state index contributed by atoms with van der Waals surface area (Å²) in [7, 11) is -3.96. The molecule has 2 aromatic rings. The molecule has 1 aliphatic carbocycles. The molecule has 2 amide bonds. The molecular formula is C22H24FN3O4S. The standard InChI is InChI=1S/C22H24FN3O4S/c23-17-9-11-18(12-10-17)31(29,30)25-20-6-2-1-5-19(20)24-21(27)16-4-3-13-26(14-16)22(28)15-7-8-15/h1-2,5-6,9-12,15-16,25H,3-4,7-8,13-14H2,(H,24,27). The zero-order valence-corrected chi connectivity index (χ0v) is 17.7. The predicted octanol–water partition coefficient (Wildman–Crippen LogP) is 3.21. The number of hydrogen-bond donors (Lipinski definition) is 2. The SMILES string of the molecule is O=C(Nc1ccccc1NS(=O)(=O)c1ccc(F)cc1)C1CCCN(C(=O)C2CC2)C1. The zero-order valence-electron chi connectivity index (χ0n) is 16.9. The molecule has 1 heterocycles. The summed E-state index contributed by atoms with van der Waals surface area (Å²) < 4.78 is 40.9. The third kappa shape index (κ3) is 5.04. The van der Waals surface area contributed by atoms with Crippen molar-refractivity contribution in [2.75, 3.05) is 23.1 Å². The number of carbonyl (C=O) groups excluding carboxylic acids is 2. The molecule has 0 bridgehead atoms. The topological polar surface area (TPSA) is 95.6 Å². The summed E-state index contributed by atoms with van der Waals surface area (Å²) in [4.78, 5) is 26.9. The van der Waals surface area contributed by atoms with Crippen LogP contribution >= 0.6 is 0 Å². The fourth-order valence-electron chi connectivity index (χ4n) is 3.71. The molecule has 31 heavy (non-hydrogen) atoms. The quantitative estimate of drug-likeness (QED) is 0.714. The number of benzene rings is 2. The first-order valence-corrected chi connectivity index (χ1v) is 11.8. The number of para-hydroxylation sites is 2. The van der Waals surface area contributed by atoms with Gasteiger partial charge in [-0.05, 0) is 62.1 Å². The highest BCUT2D eigenvalue weighted by molar-refractivity contribution is 7.92. The fourth-order valence-corrected chi connectivity index (χ4v) is 4.79. The number of sulfonamides is 1. The van der Waals surface area contributed by atoms with E-state index >= 15 is 0 Å². The highest BCUT2D eigenvalue weighted by atomic mass is 32.2. The largest absolute Gasteiger partial charge is 0.342 e. The van der Waals surface area contributed by atoms with Gasteiger partial charge in [-0.3, -0.25) is 14.3 Å². The molecule has 4 rings (SSSR count). The van der Waals surface area contributed by atoms with E-state index in [2.05, 4.69) is 10.0 Å². The normalized spacial score (nSPS) is 19.0. The molecule has 2 fully saturated rings. The summed E-state index contributed by atoms with van der Waals surface area (Å²) >= 11 is 0. The second-order valence-electron chi connectivity index (χ2n) is 7.99. The van der Waals surface area contributed by atoms with Crippen LogP contribution in [0.1, 0.15) is 25.7 Å². The summed E-state index contributed by atoms with van der Waals surface area (Å²) in [6, 6.07) is 11.0. The molecule has 1 aliphatic heterocycles. The van der Waals surface area contributed by atoms with Crippen molar-refractivity contribution in [3.8, 4) is 0 Å². The number of rotatable bonds is 6. The molecule has 7 nitrogen and oxygen atoms in total. The average molecular weight is 446 g/mol. The van der Waals surface area contributed by atoms with Crippen LogP contribution < -0.4 is 10.0 Å². The average Bonchev–Trinajstić information content (AvgIpc) is 3.60. The number of amides is 2. The van der Waals surface area contributed by atoms with E-state index in [1.807, 2.05) is 0 Å². The van der Waals surface area contributed by atoms with Crippen LogP contribution in [0.5, 0.6) is 0 Å². The van der Waals surface area contributed by atoms with Crippen LogP contribution in [-0.2, 0) is 19.6 Å². The van der Waals surface area contributed by atoms with E-state index in [0.717, 1.165) is 31.4 Å². The summed E-state index contributed by atoms with van der Waals surface area (Å²) in [6.07, 6.45) is 3.28. The Hall–Kier alpha value is -2.94. The van der Waals surface area contributed by atoms with Gasteiger partial charge in [0.2, 0.25) is 11.8 Å².